The van der Waals surface area contributed by atoms with Crippen molar-refractivity contribution >= 4 is 12.1 Å². The monoisotopic (exact) mass is 308 g/mol. The average Bonchev–Trinajstić information content (AvgIpc) is 2.84. The van der Waals surface area contributed by atoms with E-state index in [-0.39, 0.29) is 30.5 Å². The van der Waals surface area contributed by atoms with E-state index in [0.29, 0.717) is 5.71 Å². The Morgan fingerprint density at radius 2 is 2.27 bits per heavy atom. The van der Waals surface area contributed by atoms with E-state index in [1.807, 2.05) is 5.01 Å². The molecule has 1 saturated heterocycles. The quantitative estimate of drug-likeness (QED) is 0.461. The van der Waals surface area contributed by atoms with Crippen LogP contribution < -0.4 is 5.32 Å². The van der Waals surface area contributed by atoms with Crippen LogP contribution in [0.15, 0.2) is 22.7 Å². The van der Waals surface area contributed by atoms with Gasteiger partial charge in [0, 0.05) is 12.1 Å². The van der Waals surface area contributed by atoms with Crippen molar-refractivity contribution in [3.63, 3.8) is 0 Å². The molecule has 0 spiro atoms. The van der Waals surface area contributed by atoms with Crippen LogP contribution in [0.1, 0.15) is 40.0 Å². The average molecular weight is 308 g/mol. The van der Waals surface area contributed by atoms with Crippen LogP contribution >= 0.6 is 0 Å². The normalized spacial score (nSPS) is 29.7. The molecule has 22 heavy (non-hydrogen) atoms. The van der Waals surface area contributed by atoms with Crippen molar-refractivity contribution in [1.29, 1.82) is 0 Å². The number of rotatable bonds is 5. The van der Waals surface area contributed by atoms with E-state index in [2.05, 4.69) is 42.8 Å². The van der Waals surface area contributed by atoms with Gasteiger partial charge in [0.15, 0.2) is 6.17 Å². The lowest BCUT2D eigenvalue weighted by molar-refractivity contribution is -0.0981. The van der Waals surface area contributed by atoms with Gasteiger partial charge in [-0.2, -0.15) is 5.10 Å². The van der Waals surface area contributed by atoms with Crippen molar-refractivity contribution in [3.8, 4) is 0 Å². The van der Waals surface area contributed by atoms with Gasteiger partial charge in [-0.15, -0.1) is 6.58 Å². The van der Waals surface area contributed by atoms with Crippen molar-refractivity contribution in [2.24, 2.45) is 16.0 Å². The van der Waals surface area contributed by atoms with Crippen LogP contribution in [0.5, 0.6) is 0 Å². The molecule has 0 aromatic heterocycles. The number of nitrogens with zero attached hydrogens (tertiary/aromatic N) is 3. The highest BCUT2D eigenvalue weighted by Crippen LogP contribution is 2.30. The number of hydrogen-bond donors (Lipinski definition) is 2. The first-order valence-corrected chi connectivity index (χ1v) is 7.96. The van der Waals surface area contributed by atoms with Gasteiger partial charge in [0.1, 0.15) is 6.23 Å². The zero-order valence-electron chi connectivity index (χ0n) is 13.8. The fourth-order valence-corrected chi connectivity index (χ4v) is 2.64. The molecule has 0 aromatic carbocycles. The molecule has 2 aliphatic heterocycles. The van der Waals surface area contributed by atoms with Crippen molar-refractivity contribution in [1.82, 2.24) is 10.3 Å². The predicted molar refractivity (Wildman–Crippen MR) is 88.8 cm³/mol. The number of nitrogens with one attached hydrogen (secondary N) is 1. The van der Waals surface area contributed by atoms with Crippen LogP contribution in [0, 0.1) is 5.92 Å². The second-order valence-corrected chi connectivity index (χ2v) is 6.80. The van der Waals surface area contributed by atoms with E-state index in [0.717, 1.165) is 25.9 Å². The minimum absolute atomic E-state index is 0.0430. The molecule has 2 heterocycles. The Hall–Kier alpha value is -1.40. The second-order valence-electron chi connectivity index (χ2n) is 6.80. The molecule has 0 radical (unpaired) electrons. The van der Waals surface area contributed by atoms with Crippen molar-refractivity contribution < 1.29 is 9.84 Å². The number of hydrazone groups is 1. The number of aliphatic imine (C=N–C) groups is 1. The Bertz CT molecular complexity index is 436. The summed E-state index contributed by atoms with van der Waals surface area (Å²) < 4.78 is 5.83. The predicted octanol–water partition coefficient (Wildman–Crippen LogP) is 1.72. The number of aliphatic hydroxyl groups is 1. The molecule has 6 heteroatoms. The van der Waals surface area contributed by atoms with Crippen LogP contribution in [0.3, 0.4) is 0 Å². The molecule has 0 aliphatic carbocycles. The Morgan fingerprint density at radius 3 is 2.82 bits per heavy atom. The highest BCUT2D eigenvalue weighted by molar-refractivity contribution is 5.91. The summed E-state index contributed by atoms with van der Waals surface area (Å²) in [6.45, 7) is 10.8. The molecule has 2 aliphatic rings. The maximum Gasteiger partial charge on any atom is 0.153 e. The third-order valence-electron chi connectivity index (χ3n) is 3.81. The largest absolute Gasteiger partial charge is 0.390 e. The topological polar surface area (TPSA) is 69.5 Å². The molecule has 0 aromatic rings. The lowest BCUT2D eigenvalue weighted by Gasteiger charge is -2.33. The summed E-state index contributed by atoms with van der Waals surface area (Å²) in [7, 11) is 0. The lowest BCUT2D eigenvalue weighted by Crippen LogP contribution is -2.43. The second kappa shape index (κ2) is 7.24. The smallest absolute Gasteiger partial charge is 0.153 e. The van der Waals surface area contributed by atoms with Crippen LogP contribution in [0.2, 0.25) is 0 Å². The maximum absolute atomic E-state index is 9.54. The van der Waals surface area contributed by atoms with Crippen LogP contribution in [-0.4, -0.2) is 53.3 Å². The van der Waals surface area contributed by atoms with Gasteiger partial charge < -0.3 is 15.2 Å². The van der Waals surface area contributed by atoms with Crippen LogP contribution in [-0.2, 0) is 4.74 Å². The Balaban J connectivity index is 2.15. The zero-order valence-corrected chi connectivity index (χ0v) is 13.8. The SMILES string of the molecule is C=CC1C(CO)=NN(C2CCCCO2)C1/N=C/NC(C)(C)C. The molecular weight excluding hydrogens is 280 g/mol. The first-order valence-electron chi connectivity index (χ1n) is 7.96. The molecule has 2 rings (SSSR count). The molecule has 0 bridgehead atoms. The molecule has 6 nitrogen and oxygen atoms in total. The zero-order chi connectivity index (χ0) is 16.2. The third-order valence-corrected chi connectivity index (χ3v) is 3.81. The number of ether oxygens (including phenoxy) is 1. The first-order chi connectivity index (χ1) is 10.5. The number of aliphatic hydroxyl groups excluding tert-OH is 1. The summed E-state index contributed by atoms with van der Waals surface area (Å²) in [5, 5.41) is 19.2. The standard InChI is InChI=1S/C16H28N4O2/c1-5-12-13(10-21)19-20(14-8-6-7-9-22-14)15(12)17-11-18-16(2,3)4/h5,11-12,14-15,21H,1,6-10H2,2-4H3,(H,17,18). The van der Waals surface area contributed by atoms with E-state index in [9.17, 15) is 5.11 Å². The molecule has 2 N–H and O–H groups in total. The summed E-state index contributed by atoms with van der Waals surface area (Å²) >= 11 is 0. The van der Waals surface area contributed by atoms with E-state index in [4.69, 9.17) is 4.74 Å². The molecule has 124 valence electrons. The highest BCUT2D eigenvalue weighted by atomic mass is 16.5. The van der Waals surface area contributed by atoms with Crippen LogP contribution in [0.4, 0.5) is 0 Å². The Morgan fingerprint density at radius 1 is 1.50 bits per heavy atom. The van der Waals surface area contributed by atoms with Gasteiger partial charge in [0.25, 0.3) is 0 Å². The van der Waals surface area contributed by atoms with Crippen molar-refractivity contribution in [3.05, 3.63) is 12.7 Å². The summed E-state index contributed by atoms with van der Waals surface area (Å²) in [5.74, 6) is -0.0893. The molecule has 0 amide bonds. The molecule has 1 fully saturated rings. The minimum atomic E-state index is -0.211. The van der Waals surface area contributed by atoms with Crippen LogP contribution in [0.25, 0.3) is 0 Å². The van der Waals surface area contributed by atoms with E-state index >= 15 is 0 Å². The molecule has 0 saturated carbocycles. The summed E-state index contributed by atoms with van der Waals surface area (Å²) in [6.07, 6.45) is 6.40. The Kier molecular flexibility index (Phi) is 5.58. The summed E-state index contributed by atoms with van der Waals surface area (Å²) in [4.78, 5) is 4.63. The van der Waals surface area contributed by atoms with Crippen molar-refractivity contribution in [2.45, 2.75) is 58.0 Å². The van der Waals surface area contributed by atoms with E-state index in [1.165, 1.54) is 0 Å². The third kappa shape index (κ3) is 4.08. The Labute approximate surface area is 132 Å². The van der Waals surface area contributed by atoms with Gasteiger partial charge in [0.05, 0.1) is 24.6 Å². The molecule has 3 atom stereocenters. The molecule has 3 unspecified atom stereocenters. The minimum Gasteiger partial charge on any atom is -0.390 e. The van der Waals surface area contributed by atoms with Gasteiger partial charge in [-0.1, -0.05) is 6.08 Å². The number of hydrogen-bond acceptors (Lipinski definition) is 5. The van der Waals surface area contributed by atoms with Crippen molar-refractivity contribution in [2.75, 3.05) is 13.2 Å². The lowest BCUT2D eigenvalue weighted by atomic mass is 10.0. The van der Waals surface area contributed by atoms with Gasteiger partial charge in [-0.05, 0) is 40.0 Å². The fraction of sp³-hybridized carbons (Fsp3) is 0.750. The highest BCUT2D eigenvalue weighted by Gasteiger charge is 2.39. The fourth-order valence-electron chi connectivity index (χ4n) is 2.64. The van der Waals surface area contributed by atoms with E-state index in [1.54, 1.807) is 12.4 Å². The van der Waals surface area contributed by atoms with Gasteiger partial charge in [0.2, 0.25) is 0 Å². The summed E-state index contributed by atoms with van der Waals surface area (Å²) in [6, 6.07) is 0. The van der Waals surface area contributed by atoms with Gasteiger partial charge in [-0.3, -0.25) is 0 Å². The van der Waals surface area contributed by atoms with E-state index < -0.39 is 0 Å². The summed E-state index contributed by atoms with van der Waals surface area (Å²) in [5.41, 5.74) is 0.653. The molecular formula is C16H28N4O2. The first kappa shape index (κ1) is 17.0. The van der Waals surface area contributed by atoms with Gasteiger partial charge >= 0.3 is 0 Å². The van der Waals surface area contributed by atoms with Gasteiger partial charge in [-0.25, -0.2) is 10.0 Å². The maximum atomic E-state index is 9.54.